The second-order valence-electron chi connectivity index (χ2n) is 6.11. The first-order chi connectivity index (χ1) is 9.89. The quantitative estimate of drug-likeness (QED) is 0.922. The van der Waals surface area contributed by atoms with E-state index < -0.39 is 9.84 Å². The highest BCUT2D eigenvalue weighted by Gasteiger charge is 2.46. The van der Waals surface area contributed by atoms with E-state index in [-0.39, 0.29) is 28.9 Å². The fourth-order valence-electron chi connectivity index (χ4n) is 3.01. The first-order valence-corrected chi connectivity index (χ1v) is 9.36. The van der Waals surface area contributed by atoms with Crippen molar-refractivity contribution in [3.63, 3.8) is 0 Å². The first kappa shape index (κ1) is 14.9. The maximum absolute atomic E-state index is 12.2. The third-order valence-electron chi connectivity index (χ3n) is 4.31. The lowest BCUT2D eigenvalue weighted by molar-refractivity contribution is -0.122. The summed E-state index contributed by atoms with van der Waals surface area (Å²) in [6.07, 6.45) is 2.70. The summed E-state index contributed by atoms with van der Waals surface area (Å²) in [7, 11) is -2.92. The highest BCUT2D eigenvalue weighted by atomic mass is 35.5. The molecule has 1 atom stereocenters. The normalized spacial score (nSPS) is 25.5. The van der Waals surface area contributed by atoms with Gasteiger partial charge in [-0.2, -0.15) is 0 Å². The van der Waals surface area contributed by atoms with Crippen molar-refractivity contribution in [2.75, 3.05) is 11.5 Å². The molecule has 1 amide bonds. The van der Waals surface area contributed by atoms with Gasteiger partial charge in [0, 0.05) is 11.4 Å². The van der Waals surface area contributed by atoms with Gasteiger partial charge in [-0.25, -0.2) is 8.42 Å². The van der Waals surface area contributed by atoms with Gasteiger partial charge in [-0.1, -0.05) is 23.7 Å². The zero-order valence-corrected chi connectivity index (χ0v) is 13.2. The van der Waals surface area contributed by atoms with Crippen LogP contribution in [0, 0.1) is 5.92 Å². The lowest BCUT2D eigenvalue weighted by Gasteiger charge is -2.19. The van der Waals surface area contributed by atoms with E-state index in [4.69, 9.17) is 11.6 Å². The Hall–Kier alpha value is -1.07. The van der Waals surface area contributed by atoms with Crippen LogP contribution >= 0.6 is 11.6 Å². The van der Waals surface area contributed by atoms with E-state index in [9.17, 15) is 13.2 Å². The fraction of sp³-hybridized carbons (Fsp3) is 0.533. The third-order valence-corrected chi connectivity index (χ3v) is 6.38. The molecule has 3 rings (SSSR count). The van der Waals surface area contributed by atoms with Crippen LogP contribution in [0.5, 0.6) is 0 Å². The number of benzene rings is 1. The Bertz CT molecular complexity index is 667. The van der Waals surface area contributed by atoms with Crippen LogP contribution < -0.4 is 5.32 Å². The number of carbonyl (C=O) groups is 1. The SMILES string of the molecule is O=C(C[C@H]1CCS(=O)(=O)C1)NC1(c2cccc(Cl)c2)CC1. The van der Waals surface area contributed by atoms with Crippen LogP contribution in [-0.2, 0) is 20.2 Å². The molecule has 0 bridgehead atoms. The minimum absolute atomic E-state index is 0.0369. The summed E-state index contributed by atoms with van der Waals surface area (Å²) in [6.45, 7) is 0. The van der Waals surface area contributed by atoms with Crippen LogP contribution in [0.1, 0.15) is 31.2 Å². The molecular formula is C15H18ClNO3S. The van der Waals surface area contributed by atoms with E-state index in [2.05, 4.69) is 5.32 Å². The zero-order valence-electron chi connectivity index (χ0n) is 11.6. The molecule has 1 heterocycles. The van der Waals surface area contributed by atoms with Crippen LogP contribution in [0.4, 0.5) is 0 Å². The van der Waals surface area contributed by atoms with Crippen molar-refractivity contribution < 1.29 is 13.2 Å². The van der Waals surface area contributed by atoms with Crippen molar-refractivity contribution in [2.45, 2.75) is 31.2 Å². The standard InChI is InChI=1S/C15H18ClNO3S/c16-13-3-1-2-12(9-13)15(5-6-15)17-14(18)8-11-4-7-21(19,20)10-11/h1-3,9,11H,4-8,10H2,(H,17,18)/t11-/m1/s1. The summed E-state index contributed by atoms with van der Waals surface area (Å²) in [4.78, 5) is 12.2. The van der Waals surface area contributed by atoms with Gasteiger partial charge < -0.3 is 5.32 Å². The molecule has 0 unspecified atom stereocenters. The second-order valence-corrected chi connectivity index (χ2v) is 8.78. The monoisotopic (exact) mass is 327 g/mol. The summed E-state index contributed by atoms with van der Waals surface area (Å²) < 4.78 is 22.9. The summed E-state index contributed by atoms with van der Waals surface area (Å²) in [5.74, 6) is 0.259. The van der Waals surface area contributed by atoms with Gasteiger partial charge in [0.05, 0.1) is 17.0 Å². The molecule has 1 aliphatic heterocycles. The fourth-order valence-corrected chi connectivity index (χ4v) is 5.06. The maximum atomic E-state index is 12.2. The molecule has 1 aromatic rings. The molecule has 0 spiro atoms. The van der Waals surface area contributed by atoms with E-state index in [1.165, 1.54) is 0 Å². The Morgan fingerprint density at radius 1 is 1.38 bits per heavy atom. The van der Waals surface area contributed by atoms with E-state index in [0.717, 1.165) is 18.4 Å². The Morgan fingerprint density at radius 3 is 2.71 bits per heavy atom. The second kappa shape index (κ2) is 5.29. The molecule has 1 saturated carbocycles. The predicted octanol–water partition coefficient (Wildman–Crippen LogP) is 2.27. The number of nitrogens with one attached hydrogen (secondary N) is 1. The summed E-state index contributed by atoms with van der Waals surface area (Å²) in [6, 6.07) is 7.55. The number of hydrogen-bond acceptors (Lipinski definition) is 3. The summed E-state index contributed by atoms with van der Waals surface area (Å²) in [5.41, 5.74) is 0.738. The smallest absolute Gasteiger partial charge is 0.221 e. The number of amides is 1. The molecule has 1 aromatic carbocycles. The molecule has 2 fully saturated rings. The minimum Gasteiger partial charge on any atom is -0.347 e. The molecule has 1 saturated heterocycles. The topological polar surface area (TPSA) is 63.2 Å². The molecule has 0 aromatic heterocycles. The van der Waals surface area contributed by atoms with Gasteiger partial charge in [-0.3, -0.25) is 4.79 Å². The number of halogens is 1. The molecule has 0 radical (unpaired) electrons. The highest BCUT2D eigenvalue weighted by molar-refractivity contribution is 7.91. The van der Waals surface area contributed by atoms with Gasteiger partial charge in [0.2, 0.25) is 5.91 Å². The Morgan fingerprint density at radius 2 is 2.14 bits per heavy atom. The lowest BCUT2D eigenvalue weighted by Crippen LogP contribution is -2.36. The molecular weight excluding hydrogens is 310 g/mol. The highest BCUT2D eigenvalue weighted by Crippen LogP contribution is 2.46. The molecule has 6 heteroatoms. The van der Waals surface area contributed by atoms with Crippen LogP contribution in [0.15, 0.2) is 24.3 Å². The molecule has 2 aliphatic rings. The third kappa shape index (κ3) is 3.40. The van der Waals surface area contributed by atoms with Crippen LogP contribution in [0.3, 0.4) is 0 Å². The van der Waals surface area contributed by atoms with Crippen LogP contribution in [-0.4, -0.2) is 25.8 Å². The number of carbonyl (C=O) groups excluding carboxylic acids is 1. The summed E-state index contributed by atoms with van der Waals surface area (Å²) in [5, 5.41) is 3.73. The average Bonchev–Trinajstić information content (AvgIpc) is 3.09. The van der Waals surface area contributed by atoms with Crippen molar-refractivity contribution >= 4 is 27.3 Å². The molecule has 1 N–H and O–H groups in total. The first-order valence-electron chi connectivity index (χ1n) is 7.16. The van der Waals surface area contributed by atoms with Crippen molar-refractivity contribution in [2.24, 2.45) is 5.92 Å². The number of rotatable bonds is 4. The Labute approximate surface area is 129 Å². The van der Waals surface area contributed by atoms with Crippen molar-refractivity contribution in [3.8, 4) is 0 Å². The van der Waals surface area contributed by atoms with E-state index in [1.54, 1.807) is 0 Å². The van der Waals surface area contributed by atoms with Gasteiger partial charge in [-0.05, 0) is 42.9 Å². The van der Waals surface area contributed by atoms with Gasteiger partial charge in [-0.15, -0.1) is 0 Å². The van der Waals surface area contributed by atoms with Crippen LogP contribution in [0.2, 0.25) is 5.02 Å². The lowest BCUT2D eigenvalue weighted by atomic mass is 10.0. The van der Waals surface area contributed by atoms with Gasteiger partial charge in [0.15, 0.2) is 9.84 Å². The summed E-state index contributed by atoms with van der Waals surface area (Å²) >= 11 is 6.00. The molecule has 1 aliphatic carbocycles. The van der Waals surface area contributed by atoms with E-state index in [1.807, 2.05) is 24.3 Å². The Kier molecular flexibility index (Phi) is 3.74. The number of hydrogen-bond donors (Lipinski definition) is 1. The average molecular weight is 328 g/mol. The number of sulfone groups is 1. The largest absolute Gasteiger partial charge is 0.347 e. The Balaban J connectivity index is 1.63. The van der Waals surface area contributed by atoms with Crippen LogP contribution in [0.25, 0.3) is 0 Å². The molecule has 21 heavy (non-hydrogen) atoms. The maximum Gasteiger partial charge on any atom is 0.221 e. The molecule has 4 nitrogen and oxygen atoms in total. The van der Waals surface area contributed by atoms with Gasteiger partial charge in [0.1, 0.15) is 0 Å². The van der Waals surface area contributed by atoms with E-state index in [0.29, 0.717) is 17.9 Å². The van der Waals surface area contributed by atoms with Gasteiger partial charge in [0.25, 0.3) is 0 Å². The van der Waals surface area contributed by atoms with Crippen molar-refractivity contribution in [3.05, 3.63) is 34.9 Å². The van der Waals surface area contributed by atoms with Crippen molar-refractivity contribution in [1.29, 1.82) is 0 Å². The zero-order chi connectivity index (χ0) is 15.1. The van der Waals surface area contributed by atoms with Gasteiger partial charge >= 0.3 is 0 Å². The predicted molar refractivity (Wildman–Crippen MR) is 81.9 cm³/mol. The van der Waals surface area contributed by atoms with E-state index >= 15 is 0 Å². The minimum atomic E-state index is -2.92. The molecule has 114 valence electrons. The van der Waals surface area contributed by atoms with Crippen molar-refractivity contribution in [1.82, 2.24) is 5.32 Å².